The quantitative estimate of drug-likeness (QED) is 0.548. The number of thioether (sulfide) groups is 1. The molecule has 0 aliphatic carbocycles. The van der Waals surface area contributed by atoms with Crippen LogP contribution in [0, 0.1) is 11.8 Å². The highest BCUT2D eigenvalue weighted by molar-refractivity contribution is 8.04. The number of hydrogen-bond acceptors (Lipinski definition) is 5. The molecular weight excluding hydrogens is 422 g/mol. The molecular formula is C24H33N5O2S. The van der Waals surface area contributed by atoms with Gasteiger partial charge in [-0.25, -0.2) is 4.79 Å². The van der Waals surface area contributed by atoms with E-state index in [1.165, 1.54) is 5.56 Å². The molecule has 172 valence electrons. The second-order valence-electron chi connectivity index (χ2n) is 9.70. The first-order valence-corrected chi connectivity index (χ1v) is 12.7. The summed E-state index contributed by atoms with van der Waals surface area (Å²) in [6.45, 7) is 7.07. The Kier molecular flexibility index (Phi) is 6.18. The maximum atomic E-state index is 13.3. The number of hydrogen-bond donors (Lipinski definition) is 4. The van der Waals surface area contributed by atoms with Crippen molar-refractivity contribution < 1.29 is 9.59 Å². The predicted octanol–water partition coefficient (Wildman–Crippen LogP) is 2.55. The topological polar surface area (TPSA) is 85.5 Å². The van der Waals surface area contributed by atoms with Gasteiger partial charge in [0.25, 0.3) is 5.91 Å². The highest BCUT2D eigenvalue weighted by Crippen LogP contribution is 2.48. The van der Waals surface area contributed by atoms with Gasteiger partial charge in [-0.05, 0) is 62.4 Å². The van der Waals surface area contributed by atoms with Crippen LogP contribution in [0.4, 0.5) is 10.5 Å². The van der Waals surface area contributed by atoms with Gasteiger partial charge in [0.05, 0.1) is 16.3 Å². The Bertz CT molecular complexity index is 927. The van der Waals surface area contributed by atoms with Crippen LogP contribution in [0.5, 0.6) is 0 Å². The van der Waals surface area contributed by atoms with E-state index in [2.05, 4.69) is 47.2 Å². The van der Waals surface area contributed by atoms with Crippen LogP contribution in [0.15, 0.2) is 34.9 Å². The van der Waals surface area contributed by atoms with E-state index >= 15 is 0 Å². The largest absolute Gasteiger partial charge is 0.348 e. The van der Waals surface area contributed by atoms with Crippen LogP contribution in [0.25, 0.3) is 0 Å². The van der Waals surface area contributed by atoms with E-state index in [0.717, 1.165) is 56.7 Å². The number of rotatable bonds is 5. The van der Waals surface area contributed by atoms with E-state index in [4.69, 9.17) is 0 Å². The molecule has 1 aromatic rings. The molecule has 0 spiro atoms. The highest BCUT2D eigenvalue weighted by Gasteiger charge is 2.51. The molecule has 4 heterocycles. The average Bonchev–Trinajstić information content (AvgIpc) is 3.14. The molecule has 0 radical (unpaired) electrons. The maximum Gasteiger partial charge on any atom is 0.326 e. The number of nitrogens with zero attached hydrogens (tertiary/aromatic N) is 1. The van der Waals surface area contributed by atoms with E-state index in [0.29, 0.717) is 10.8 Å². The minimum absolute atomic E-state index is 0.0495. The Balaban J connectivity index is 1.41. The second kappa shape index (κ2) is 9.08. The first-order valence-electron chi connectivity index (χ1n) is 11.9. The van der Waals surface area contributed by atoms with Crippen LogP contribution in [-0.2, 0) is 11.2 Å². The summed E-state index contributed by atoms with van der Waals surface area (Å²) in [6.07, 6.45) is 3.92. The molecule has 32 heavy (non-hydrogen) atoms. The van der Waals surface area contributed by atoms with Crippen LogP contribution in [0.1, 0.15) is 38.7 Å². The lowest BCUT2D eigenvalue weighted by atomic mass is 9.86. The van der Waals surface area contributed by atoms with E-state index in [-0.39, 0.29) is 35.3 Å². The summed E-state index contributed by atoms with van der Waals surface area (Å²) in [5.74, 6) is 0.594. The van der Waals surface area contributed by atoms with Gasteiger partial charge in [0.1, 0.15) is 0 Å². The number of nitrogens with one attached hydrogen (secondary N) is 4. The van der Waals surface area contributed by atoms with Crippen molar-refractivity contribution in [1.82, 2.24) is 21.3 Å². The zero-order valence-electron chi connectivity index (χ0n) is 18.8. The fourth-order valence-corrected chi connectivity index (χ4v) is 6.85. The molecule has 3 fully saturated rings. The van der Waals surface area contributed by atoms with Crippen LogP contribution < -0.4 is 26.2 Å². The van der Waals surface area contributed by atoms with Crippen LogP contribution >= 0.6 is 11.8 Å². The first kappa shape index (κ1) is 21.8. The minimum Gasteiger partial charge on any atom is -0.348 e. The second-order valence-corrected chi connectivity index (χ2v) is 10.9. The highest BCUT2D eigenvalue weighted by atomic mass is 32.2. The van der Waals surface area contributed by atoms with Gasteiger partial charge in [-0.2, -0.15) is 0 Å². The SMILES string of the molecule is CC(C)Cc1cccc(N2C(=O)NC3=C(C(=O)N[C@@H]4CCCNC4)SC4NCCC2C34)c1. The number of anilines is 1. The Hall–Kier alpha value is -2.03. The number of carbonyl (C=O) groups is 2. The molecule has 0 bridgehead atoms. The van der Waals surface area contributed by atoms with Crippen molar-refractivity contribution in [1.29, 1.82) is 0 Å². The van der Waals surface area contributed by atoms with Crippen molar-refractivity contribution in [2.75, 3.05) is 24.5 Å². The number of piperidine rings is 2. The molecule has 4 atom stereocenters. The first-order chi connectivity index (χ1) is 15.5. The normalized spacial score (nSPS) is 29.7. The molecule has 4 aliphatic rings. The molecule has 3 saturated heterocycles. The van der Waals surface area contributed by atoms with Crippen LogP contribution in [0.2, 0.25) is 0 Å². The van der Waals surface area contributed by atoms with Gasteiger partial charge in [-0.15, -0.1) is 0 Å². The lowest BCUT2D eigenvalue weighted by Gasteiger charge is -2.46. The third-order valence-corrected chi connectivity index (χ3v) is 8.17. The average molecular weight is 456 g/mol. The van der Waals surface area contributed by atoms with Crippen molar-refractivity contribution in [3.63, 3.8) is 0 Å². The molecule has 3 amide bonds. The molecule has 4 aliphatic heterocycles. The fourth-order valence-electron chi connectivity index (χ4n) is 5.45. The molecule has 5 rings (SSSR count). The molecule has 3 unspecified atom stereocenters. The lowest BCUT2D eigenvalue weighted by molar-refractivity contribution is -0.117. The number of amides is 3. The maximum absolute atomic E-state index is 13.3. The number of carbonyl (C=O) groups excluding carboxylic acids is 2. The van der Waals surface area contributed by atoms with Crippen molar-refractivity contribution in [2.24, 2.45) is 11.8 Å². The van der Waals surface area contributed by atoms with Crippen molar-refractivity contribution >= 4 is 29.4 Å². The monoisotopic (exact) mass is 455 g/mol. The molecule has 0 saturated carbocycles. The van der Waals surface area contributed by atoms with Gasteiger partial charge in [-0.1, -0.05) is 37.7 Å². The van der Waals surface area contributed by atoms with E-state index < -0.39 is 0 Å². The van der Waals surface area contributed by atoms with Gasteiger partial charge >= 0.3 is 6.03 Å². The third-order valence-electron chi connectivity index (χ3n) is 6.81. The zero-order chi connectivity index (χ0) is 22.2. The van der Waals surface area contributed by atoms with Crippen LogP contribution in [0.3, 0.4) is 0 Å². The zero-order valence-corrected chi connectivity index (χ0v) is 19.6. The Morgan fingerprint density at radius 2 is 2.16 bits per heavy atom. The number of benzene rings is 1. The lowest BCUT2D eigenvalue weighted by Crippen LogP contribution is -2.62. The summed E-state index contributed by atoms with van der Waals surface area (Å²) in [5, 5.41) is 13.3. The summed E-state index contributed by atoms with van der Waals surface area (Å²) in [4.78, 5) is 29.1. The third kappa shape index (κ3) is 4.16. The molecule has 7 nitrogen and oxygen atoms in total. The van der Waals surface area contributed by atoms with Gasteiger partial charge < -0.3 is 21.3 Å². The number of urea groups is 1. The Morgan fingerprint density at radius 3 is 2.94 bits per heavy atom. The summed E-state index contributed by atoms with van der Waals surface area (Å²) in [6, 6.07) is 8.43. The summed E-state index contributed by atoms with van der Waals surface area (Å²) in [7, 11) is 0. The smallest absolute Gasteiger partial charge is 0.326 e. The Labute approximate surface area is 194 Å². The summed E-state index contributed by atoms with van der Waals surface area (Å²) >= 11 is 1.57. The fraction of sp³-hybridized carbons (Fsp3) is 0.583. The van der Waals surface area contributed by atoms with Gasteiger partial charge in [0, 0.05) is 29.9 Å². The van der Waals surface area contributed by atoms with Crippen molar-refractivity contribution in [3.05, 3.63) is 40.4 Å². The summed E-state index contributed by atoms with van der Waals surface area (Å²) in [5.41, 5.74) is 3.00. The van der Waals surface area contributed by atoms with E-state index in [1.807, 2.05) is 17.0 Å². The van der Waals surface area contributed by atoms with E-state index in [1.54, 1.807) is 11.8 Å². The molecule has 1 aromatic carbocycles. The van der Waals surface area contributed by atoms with Crippen LogP contribution in [-0.4, -0.2) is 49.0 Å². The van der Waals surface area contributed by atoms with Crippen molar-refractivity contribution in [3.8, 4) is 0 Å². The molecule has 4 N–H and O–H groups in total. The van der Waals surface area contributed by atoms with Gasteiger partial charge in [0.15, 0.2) is 0 Å². The van der Waals surface area contributed by atoms with Crippen molar-refractivity contribution in [2.45, 2.75) is 57.0 Å². The standard InChI is InChI=1S/C24H33N5O2S/c1-14(2)11-15-5-3-7-17(12-15)29-18-8-10-26-23-19(18)20(28-24(29)31)21(32-23)22(30)27-16-6-4-9-25-13-16/h3,5,7,12,14,16,18-19,23,25-26H,4,6,8-11,13H2,1-2H3,(H,27,30)(H,28,31)/t16-,18?,19?,23?/m1/s1. The van der Waals surface area contributed by atoms with Gasteiger partial charge in [-0.3, -0.25) is 9.69 Å². The Morgan fingerprint density at radius 1 is 1.28 bits per heavy atom. The minimum atomic E-state index is -0.129. The molecule has 8 heteroatoms. The van der Waals surface area contributed by atoms with Gasteiger partial charge in [0.2, 0.25) is 0 Å². The summed E-state index contributed by atoms with van der Waals surface area (Å²) < 4.78 is 0. The van der Waals surface area contributed by atoms with E-state index in [9.17, 15) is 9.59 Å². The molecule has 0 aromatic heterocycles. The predicted molar refractivity (Wildman–Crippen MR) is 128 cm³/mol.